The van der Waals surface area contributed by atoms with Crippen LogP contribution in [0, 0.1) is 5.92 Å². The third-order valence-corrected chi connectivity index (χ3v) is 5.92. The van der Waals surface area contributed by atoms with Gasteiger partial charge in [-0.2, -0.15) is 0 Å². The summed E-state index contributed by atoms with van der Waals surface area (Å²) in [5, 5.41) is 7.22. The molecule has 146 valence electrons. The van der Waals surface area contributed by atoms with Crippen LogP contribution in [-0.4, -0.2) is 17.6 Å². The van der Waals surface area contributed by atoms with Crippen LogP contribution in [0.5, 0.6) is 5.75 Å². The molecule has 0 aliphatic heterocycles. The van der Waals surface area contributed by atoms with Gasteiger partial charge in [-0.1, -0.05) is 43.6 Å². The number of anilines is 1. The predicted molar refractivity (Wildman–Crippen MR) is 122 cm³/mol. The van der Waals surface area contributed by atoms with Crippen LogP contribution in [0.4, 0.5) is 5.69 Å². The minimum atomic E-state index is -0.322. The lowest BCUT2D eigenvalue weighted by molar-refractivity contribution is 0.0982. The van der Waals surface area contributed by atoms with Gasteiger partial charge in [0, 0.05) is 15.8 Å². The third kappa shape index (κ3) is 5.22. The van der Waals surface area contributed by atoms with Crippen molar-refractivity contribution in [3.63, 3.8) is 0 Å². The Morgan fingerprint density at radius 2 is 1.89 bits per heavy atom. The first kappa shape index (κ1) is 20.6. The van der Waals surface area contributed by atoms with Gasteiger partial charge in [-0.25, -0.2) is 0 Å². The summed E-state index contributed by atoms with van der Waals surface area (Å²) in [6.45, 7) is 5.02. The Balaban J connectivity index is 1.57. The molecule has 2 aromatic carbocycles. The molecule has 0 unspecified atom stereocenters. The molecule has 0 saturated heterocycles. The number of nitrogens with one attached hydrogen (secondary N) is 2. The van der Waals surface area contributed by atoms with E-state index in [1.807, 2.05) is 48.5 Å². The fourth-order valence-corrected chi connectivity index (χ4v) is 4.15. The molecule has 1 amide bonds. The van der Waals surface area contributed by atoms with Gasteiger partial charge in [0.2, 0.25) is 0 Å². The molecular weight excluding hydrogens is 412 g/mol. The highest BCUT2D eigenvalue weighted by Gasteiger charge is 2.17. The second-order valence-corrected chi connectivity index (χ2v) is 8.54. The molecule has 0 spiro atoms. The van der Waals surface area contributed by atoms with E-state index in [4.69, 9.17) is 28.6 Å². The van der Waals surface area contributed by atoms with Gasteiger partial charge in [0.25, 0.3) is 5.91 Å². The third-order valence-electron chi connectivity index (χ3n) is 4.04. The lowest BCUT2D eigenvalue weighted by atomic mass is 10.1. The van der Waals surface area contributed by atoms with E-state index in [2.05, 4.69) is 24.5 Å². The average molecular weight is 433 g/mol. The zero-order valence-electron chi connectivity index (χ0n) is 15.6. The Morgan fingerprint density at radius 3 is 2.57 bits per heavy atom. The van der Waals surface area contributed by atoms with E-state index in [1.54, 1.807) is 0 Å². The molecule has 1 heterocycles. The molecule has 4 nitrogen and oxygen atoms in total. The Labute approximate surface area is 178 Å². The number of hydrogen-bond acceptors (Lipinski definition) is 4. The fraction of sp³-hybridized carbons (Fsp3) is 0.238. The zero-order valence-corrected chi connectivity index (χ0v) is 18.0. The van der Waals surface area contributed by atoms with Crippen LogP contribution in [-0.2, 0) is 0 Å². The van der Waals surface area contributed by atoms with Gasteiger partial charge in [0.05, 0.1) is 11.6 Å². The number of carbonyl (C=O) groups is 1. The molecule has 1 aromatic heterocycles. The van der Waals surface area contributed by atoms with Crippen LogP contribution in [0.25, 0.3) is 10.1 Å². The molecule has 0 bridgehead atoms. The van der Waals surface area contributed by atoms with Crippen molar-refractivity contribution in [2.75, 3.05) is 11.9 Å². The summed E-state index contributed by atoms with van der Waals surface area (Å²) in [5.41, 5.74) is 0.768. The van der Waals surface area contributed by atoms with E-state index >= 15 is 0 Å². The van der Waals surface area contributed by atoms with E-state index in [0.29, 0.717) is 22.4 Å². The van der Waals surface area contributed by atoms with Gasteiger partial charge in [0.1, 0.15) is 10.6 Å². The minimum absolute atomic E-state index is 0.215. The molecule has 0 saturated carbocycles. The largest absolute Gasteiger partial charge is 0.494 e. The first-order valence-corrected chi connectivity index (χ1v) is 10.6. The first-order valence-electron chi connectivity index (χ1n) is 8.96. The average Bonchev–Trinajstić information content (AvgIpc) is 3.00. The van der Waals surface area contributed by atoms with Crippen LogP contribution in [0.15, 0.2) is 48.5 Å². The number of amides is 1. The van der Waals surface area contributed by atoms with E-state index in [9.17, 15) is 4.79 Å². The van der Waals surface area contributed by atoms with Crippen LogP contribution in [0.3, 0.4) is 0 Å². The van der Waals surface area contributed by atoms with Gasteiger partial charge >= 0.3 is 0 Å². The Bertz CT molecular complexity index is 984. The number of fused-ring (bicyclic) bond motifs is 1. The van der Waals surface area contributed by atoms with Crippen molar-refractivity contribution < 1.29 is 9.53 Å². The van der Waals surface area contributed by atoms with Gasteiger partial charge in [0.15, 0.2) is 5.11 Å². The summed E-state index contributed by atoms with van der Waals surface area (Å²) >= 11 is 12.9. The Hall–Kier alpha value is -2.15. The summed E-state index contributed by atoms with van der Waals surface area (Å²) in [7, 11) is 0. The highest BCUT2D eigenvalue weighted by molar-refractivity contribution is 7.80. The van der Waals surface area contributed by atoms with Crippen molar-refractivity contribution in [1.29, 1.82) is 0 Å². The fourth-order valence-electron chi connectivity index (χ4n) is 2.53. The Morgan fingerprint density at radius 1 is 1.18 bits per heavy atom. The quantitative estimate of drug-likeness (QED) is 0.461. The molecule has 0 atom stereocenters. The SMILES string of the molecule is CC(C)CCOc1ccc(NC(=S)NC(=O)c2sc3ccccc3c2Cl)cc1. The van der Waals surface area contributed by atoms with Crippen LogP contribution in [0.2, 0.25) is 5.02 Å². The highest BCUT2D eigenvalue weighted by atomic mass is 35.5. The number of carbonyl (C=O) groups excluding carboxylic acids is 1. The summed E-state index contributed by atoms with van der Waals surface area (Å²) in [6, 6.07) is 15.1. The second-order valence-electron chi connectivity index (χ2n) is 6.70. The highest BCUT2D eigenvalue weighted by Crippen LogP contribution is 2.35. The van der Waals surface area contributed by atoms with Gasteiger partial charge in [-0.3, -0.25) is 10.1 Å². The number of ether oxygens (including phenoxy) is 1. The molecular formula is C21H21ClN2O2S2. The monoisotopic (exact) mass is 432 g/mol. The lowest BCUT2D eigenvalue weighted by Crippen LogP contribution is -2.33. The molecule has 28 heavy (non-hydrogen) atoms. The maximum atomic E-state index is 12.5. The maximum absolute atomic E-state index is 12.5. The van der Waals surface area contributed by atoms with Crippen LogP contribution < -0.4 is 15.4 Å². The van der Waals surface area contributed by atoms with Crippen molar-refractivity contribution >= 4 is 61.9 Å². The second kappa shape index (κ2) is 9.37. The predicted octanol–water partition coefficient (Wildman–Crippen LogP) is 6.11. The molecule has 3 rings (SSSR count). The number of halogens is 1. The zero-order chi connectivity index (χ0) is 20.1. The summed E-state index contributed by atoms with van der Waals surface area (Å²) in [5.74, 6) is 1.09. The standard InChI is InChI=1S/C21H21ClN2O2S2/c1-13(2)11-12-26-15-9-7-14(8-10-15)23-21(27)24-20(25)19-18(22)16-5-3-4-6-17(16)28-19/h3-10,13H,11-12H2,1-2H3,(H2,23,24,25,27). The van der Waals surface area contributed by atoms with Crippen molar-refractivity contribution in [3.05, 3.63) is 58.4 Å². The van der Waals surface area contributed by atoms with E-state index in [1.165, 1.54) is 11.3 Å². The summed E-state index contributed by atoms with van der Waals surface area (Å²) < 4.78 is 6.66. The normalized spacial score (nSPS) is 10.9. The smallest absolute Gasteiger partial charge is 0.269 e. The van der Waals surface area contributed by atoms with Gasteiger partial charge in [-0.05, 0) is 54.9 Å². The Kier molecular flexibility index (Phi) is 6.88. The van der Waals surface area contributed by atoms with Crippen molar-refractivity contribution in [2.24, 2.45) is 5.92 Å². The first-order chi connectivity index (χ1) is 13.4. The number of rotatable bonds is 6. The van der Waals surface area contributed by atoms with Crippen LogP contribution >= 0.6 is 35.2 Å². The number of thiophene rings is 1. The molecule has 2 N–H and O–H groups in total. The molecule has 3 aromatic rings. The molecule has 0 radical (unpaired) electrons. The van der Waals surface area contributed by atoms with Crippen molar-refractivity contribution in [2.45, 2.75) is 20.3 Å². The van der Waals surface area contributed by atoms with Gasteiger partial charge in [-0.15, -0.1) is 11.3 Å². The van der Waals surface area contributed by atoms with E-state index < -0.39 is 0 Å². The molecule has 7 heteroatoms. The maximum Gasteiger partial charge on any atom is 0.269 e. The number of thiocarbonyl (C=S) groups is 1. The summed E-state index contributed by atoms with van der Waals surface area (Å²) in [4.78, 5) is 13.0. The van der Waals surface area contributed by atoms with E-state index in [0.717, 1.165) is 27.9 Å². The summed E-state index contributed by atoms with van der Waals surface area (Å²) in [6.07, 6.45) is 1.01. The van der Waals surface area contributed by atoms with Crippen molar-refractivity contribution in [3.8, 4) is 5.75 Å². The van der Waals surface area contributed by atoms with E-state index in [-0.39, 0.29) is 11.0 Å². The lowest BCUT2D eigenvalue weighted by Gasteiger charge is -2.11. The molecule has 0 aliphatic carbocycles. The minimum Gasteiger partial charge on any atom is -0.494 e. The number of benzene rings is 2. The molecule has 0 aliphatic rings. The van der Waals surface area contributed by atoms with Crippen LogP contribution in [0.1, 0.15) is 29.9 Å². The molecule has 0 fully saturated rings. The van der Waals surface area contributed by atoms with Gasteiger partial charge < -0.3 is 10.1 Å². The number of hydrogen-bond donors (Lipinski definition) is 2. The topological polar surface area (TPSA) is 50.4 Å². The van der Waals surface area contributed by atoms with Crippen molar-refractivity contribution in [1.82, 2.24) is 5.32 Å².